The molecule has 1 saturated heterocycles. The number of benzene rings is 2. The van der Waals surface area contributed by atoms with E-state index >= 15 is 4.39 Å². The molecule has 3 aromatic rings. The first kappa shape index (κ1) is 25.8. The molecule has 0 amide bonds. The van der Waals surface area contributed by atoms with E-state index in [-0.39, 0.29) is 22.2 Å². The minimum absolute atomic E-state index is 0.0254. The number of fused-ring (bicyclic) bond motifs is 1. The van der Waals surface area contributed by atoms with Crippen molar-refractivity contribution in [3.8, 4) is 0 Å². The van der Waals surface area contributed by atoms with Crippen LogP contribution in [0.1, 0.15) is 31.0 Å². The monoisotopic (exact) mass is 526 g/mol. The van der Waals surface area contributed by atoms with Crippen LogP contribution in [0.4, 0.5) is 34.8 Å². The molecule has 0 spiro atoms. The van der Waals surface area contributed by atoms with Crippen LogP contribution in [0.5, 0.6) is 0 Å². The molecule has 1 N–H and O–H groups in total. The van der Waals surface area contributed by atoms with Gasteiger partial charge in [0.1, 0.15) is 11.6 Å². The van der Waals surface area contributed by atoms with Crippen molar-refractivity contribution >= 4 is 39.7 Å². The summed E-state index contributed by atoms with van der Waals surface area (Å²) in [6.07, 6.45) is -4.76. The van der Waals surface area contributed by atoms with Crippen LogP contribution in [0.15, 0.2) is 30.3 Å². The van der Waals surface area contributed by atoms with E-state index in [0.717, 1.165) is 31.8 Å². The minimum Gasteiger partial charge on any atom is -0.367 e. The van der Waals surface area contributed by atoms with E-state index < -0.39 is 34.2 Å². The molecule has 0 bridgehead atoms. The standard InChI is InChI=1S/C23H23ClF4N6O2/c1-3-32-4-6-33(7-5-32)20-11-17-19(12-18(20)25)30-22(24)31-21(17)29-13(2)14-8-15(23(26,27)28)10-16(9-14)34(35)36/h8-13H,3-7H2,1-2H3,(H,29,30,31)/t13-/m1/s1. The number of piperazine rings is 1. The molecule has 1 aromatic heterocycles. The summed E-state index contributed by atoms with van der Waals surface area (Å²) in [6, 6.07) is 4.40. The van der Waals surface area contributed by atoms with Crippen LogP contribution in [0.3, 0.4) is 0 Å². The Hall–Kier alpha value is -3.25. The number of nitrogens with one attached hydrogen (secondary N) is 1. The number of rotatable bonds is 6. The Balaban J connectivity index is 1.72. The predicted molar refractivity (Wildman–Crippen MR) is 129 cm³/mol. The van der Waals surface area contributed by atoms with Crippen LogP contribution in [0, 0.1) is 15.9 Å². The molecule has 0 radical (unpaired) electrons. The Labute approximate surface area is 209 Å². The van der Waals surface area contributed by atoms with E-state index in [2.05, 4.69) is 27.1 Å². The number of halogens is 5. The van der Waals surface area contributed by atoms with Crippen LogP contribution in [0.2, 0.25) is 5.28 Å². The third-order valence-electron chi connectivity index (χ3n) is 6.23. The van der Waals surface area contributed by atoms with Crippen molar-refractivity contribution in [1.82, 2.24) is 14.9 Å². The summed E-state index contributed by atoms with van der Waals surface area (Å²) >= 11 is 6.04. The second-order valence-electron chi connectivity index (χ2n) is 8.52. The first-order valence-corrected chi connectivity index (χ1v) is 11.6. The van der Waals surface area contributed by atoms with Gasteiger partial charge in [-0.05, 0) is 42.8 Å². The lowest BCUT2D eigenvalue weighted by atomic mass is 10.0. The predicted octanol–water partition coefficient (Wildman–Crippen LogP) is 5.66. The Kier molecular flexibility index (Phi) is 7.19. The molecular formula is C23H23ClF4N6O2. The lowest BCUT2D eigenvalue weighted by molar-refractivity contribution is -0.385. The summed E-state index contributed by atoms with van der Waals surface area (Å²) in [4.78, 5) is 22.8. The zero-order valence-electron chi connectivity index (χ0n) is 19.4. The van der Waals surface area contributed by atoms with E-state index in [0.29, 0.717) is 30.2 Å². The molecule has 36 heavy (non-hydrogen) atoms. The number of hydrogen-bond donors (Lipinski definition) is 1. The number of alkyl halides is 3. The minimum atomic E-state index is -4.76. The van der Waals surface area contributed by atoms with Gasteiger partial charge in [0.25, 0.3) is 5.69 Å². The van der Waals surface area contributed by atoms with Crippen LogP contribution in [-0.2, 0) is 6.18 Å². The number of aromatic nitrogens is 2. The first-order valence-electron chi connectivity index (χ1n) is 11.2. The third kappa shape index (κ3) is 5.44. The Morgan fingerprint density at radius 1 is 1.14 bits per heavy atom. The smallest absolute Gasteiger partial charge is 0.367 e. The highest BCUT2D eigenvalue weighted by molar-refractivity contribution is 6.28. The number of nitrogens with zero attached hydrogens (tertiary/aromatic N) is 5. The van der Waals surface area contributed by atoms with Gasteiger partial charge in [0.15, 0.2) is 0 Å². The summed E-state index contributed by atoms with van der Waals surface area (Å²) in [5.41, 5.74) is -1.23. The quantitative estimate of drug-likeness (QED) is 0.192. The molecule has 1 aliphatic rings. The van der Waals surface area contributed by atoms with Crippen LogP contribution in [0.25, 0.3) is 10.9 Å². The van der Waals surface area contributed by atoms with Crippen molar-refractivity contribution in [3.05, 3.63) is 62.7 Å². The van der Waals surface area contributed by atoms with Gasteiger partial charge in [-0.15, -0.1) is 0 Å². The number of hydrogen-bond acceptors (Lipinski definition) is 7. The van der Waals surface area contributed by atoms with Gasteiger partial charge in [-0.1, -0.05) is 6.92 Å². The van der Waals surface area contributed by atoms with Crippen molar-refractivity contribution in [1.29, 1.82) is 0 Å². The maximum Gasteiger partial charge on any atom is 0.416 e. The summed E-state index contributed by atoms with van der Waals surface area (Å²) in [6.45, 7) is 7.31. The van der Waals surface area contributed by atoms with Crippen LogP contribution in [-0.4, -0.2) is 52.5 Å². The van der Waals surface area contributed by atoms with Crippen molar-refractivity contribution in [2.45, 2.75) is 26.1 Å². The van der Waals surface area contributed by atoms with Crippen LogP contribution < -0.4 is 10.2 Å². The molecule has 192 valence electrons. The Bertz CT molecular complexity index is 1300. The molecule has 1 fully saturated rings. The van der Waals surface area contributed by atoms with Gasteiger partial charge in [-0.25, -0.2) is 14.4 Å². The fraction of sp³-hybridized carbons (Fsp3) is 0.391. The fourth-order valence-corrected chi connectivity index (χ4v) is 4.39. The maximum atomic E-state index is 15.0. The zero-order valence-corrected chi connectivity index (χ0v) is 20.2. The van der Waals surface area contributed by atoms with Gasteiger partial charge in [-0.3, -0.25) is 10.1 Å². The van der Waals surface area contributed by atoms with Crippen LogP contribution >= 0.6 is 11.6 Å². The summed E-state index contributed by atoms with van der Waals surface area (Å²) in [7, 11) is 0. The topological polar surface area (TPSA) is 87.4 Å². The number of nitro benzene ring substituents is 1. The average molecular weight is 527 g/mol. The molecule has 13 heteroatoms. The van der Waals surface area contributed by atoms with E-state index in [4.69, 9.17) is 11.6 Å². The number of anilines is 2. The highest BCUT2D eigenvalue weighted by Gasteiger charge is 2.33. The molecule has 1 aliphatic heterocycles. The van der Waals surface area contributed by atoms with E-state index in [9.17, 15) is 23.3 Å². The highest BCUT2D eigenvalue weighted by atomic mass is 35.5. The molecule has 1 atom stereocenters. The SMILES string of the molecule is CCN1CCN(c2cc3c(N[C@H](C)c4cc([N+](=O)[O-])cc(C(F)(F)F)c4)nc(Cl)nc3cc2F)CC1. The second-order valence-corrected chi connectivity index (χ2v) is 8.86. The van der Waals surface area contributed by atoms with E-state index in [1.165, 1.54) is 13.0 Å². The largest absolute Gasteiger partial charge is 0.416 e. The summed E-state index contributed by atoms with van der Waals surface area (Å²) in [5, 5.41) is 14.4. The van der Waals surface area contributed by atoms with Crippen molar-refractivity contribution in [3.63, 3.8) is 0 Å². The van der Waals surface area contributed by atoms with Gasteiger partial charge in [0.05, 0.1) is 27.7 Å². The number of nitro groups is 1. The van der Waals surface area contributed by atoms with Crippen molar-refractivity contribution in [2.75, 3.05) is 42.9 Å². The maximum absolute atomic E-state index is 15.0. The third-order valence-corrected chi connectivity index (χ3v) is 6.40. The molecule has 0 aliphatic carbocycles. The molecule has 0 saturated carbocycles. The normalized spacial score (nSPS) is 15.8. The van der Waals surface area contributed by atoms with Gasteiger partial charge < -0.3 is 15.1 Å². The second kappa shape index (κ2) is 10.0. The molecule has 4 rings (SSSR count). The molecule has 2 aromatic carbocycles. The Morgan fingerprint density at radius 3 is 2.44 bits per heavy atom. The first-order chi connectivity index (χ1) is 17.0. The molecule has 8 nitrogen and oxygen atoms in total. The van der Waals surface area contributed by atoms with Gasteiger partial charge in [0.2, 0.25) is 5.28 Å². The summed E-state index contributed by atoms with van der Waals surface area (Å²) in [5.74, 6) is -0.305. The number of non-ortho nitro benzene ring substituents is 1. The van der Waals surface area contributed by atoms with Crippen molar-refractivity contribution in [2.24, 2.45) is 0 Å². The van der Waals surface area contributed by atoms with E-state index in [1.807, 2.05) is 4.90 Å². The van der Waals surface area contributed by atoms with Crippen molar-refractivity contribution < 1.29 is 22.5 Å². The lowest BCUT2D eigenvalue weighted by Crippen LogP contribution is -2.46. The molecule has 0 unspecified atom stereocenters. The summed E-state index contributed by atoms with van der Waals surface area (Å²) < 4.78 is 55.0. The van der Waals surface area contributed by atoms with Gasteiger partial charge in [-0.2, -0.15) is 13.2 Å². The van der Waals surface area contributed by atoms with Gasteiger partial charge in [0, 0.05) is 49.8 Å². The van der Waals surface area contributed by atoms with Gasteiger partial charge >= 0.3 is 6.18 Å². The Morgan fingerprint density at radius 2 is 1.83 bits per heavy atom. The lowest BCUT2D eigenvalue weighted by Gasteiger charge is -2.35. The number of likely N-dealkylation sites (N-methyl/N-ethyl adjacent to an activating group) is 1. The molecule has 2 heterocycles. The highest BCUT2D eigenvalue weighted by Crippen LogP contribution is 2.36. The fourth-order valence-electron chi connectivity index (χ4n) is 4.21. The van der Waals surface area contributed by atoms with E-state index in [1.54, 1.807) is 6.07 Å². The molecular weight excluding hydrogens is 504 g/mol. The zero-order chi connectivity index (χ0) is 26.2. The average Bonchev–Trinajstić information content (AvgIpc) is 2.82.